The molecule has 0 radical (unpaired) electrons. The van der Waals surface area contributed by atoms with E-state index in [1.807, 2.05) is 0 Å². The van der Waals surface area contributed by atoms with Crippen LogP contribution in [0.3, 0.4) is 0 Å². The van der Waals surface area contributed by atoms with Crippen LogP contribution in [-0.2, 0) is 0 Å². The Kier molecular flexibility index (Phi) is 4.58. The Bertz CT molecular complexity index is 439. The van der Waals surface area contributed by atoms with Gasteiger partial charge in [-0.2, -0.15) is 8.78 Å². The number of benzene rings is 1. The molecule has 1 aromatic rings. The van der Waals surface area contributed by atoms with E-state index in [9.17, 15) is 13.6 Å². The number of nitrogens with one attached hydrogen (secondary N) is 1. The Labute approximate surface area is 114 Å². The average molecular weight is 290 g/mol. The van der Waals surface area contributed by atoms with Gasteiger partial charge in [0, 0.05) is 11.6 Å². The summed E-state index contributed by atoms with van der Waals surface area (Å²) >= 11 is 6.07. The van der Waals surface area contributed by atoms with Crippen molar-refractivity contribution in [3.63, 3.8) is 0 Å². The van der Waals surface area contributed by atoms with Gasteiger partial charge in [-0.25, -0.2) is 0 Å². The zero-order valence-corrected chi connectivity index (χ0v) is 10.9. The topological polar surface area (TPSA) is 38.3 Å². The van der Waals surface area contributed by atoms with Crippen LogP contribution in [0.25, 0.3) is 0 Å². The lowest BCUT2D eigenvalue weighted by molar-refractivity contribution is -0.0498. The van der Waals surface area contributed by atoms with Crippen LogP contribution >= 0.6 is 11.6 Å². The molecule has 1 aliphatic carbocycles. The van der Waals surface area contributed by atoms with Gasteiger partial charge in [0.2, 0.25) is 0 Å². The predicted octanol–water partition coefficient (Wildman–Crippen LogP) is 3.18. The molecule has 1 aliphatic rings. The molecular weight excluding hydrogens is 276 g/mol. The average Bonchev–Trinajstić information content (AvgIpc) is 2.75. The fourth-order valence-corrected chi connectivity index (χ4v) is 2.46. The molecular formula is C13H14ClF2NO2. The van der Waals surface area contributed by atoms with E-state index in [1.54, 1.807) is 0 Å². The minimum Gasteiger partial charge on any atom is -0.435 e. The summed E-state index contributed by atoms with van der Waals surface area (Å²) in [5, 5.41) is 2.81. The van der Waals surface area contributed by atoms with Crippen LogP contribution in [-0.4, -0.2) is 23.9 Å². The van der Waals surface area contributed by atoms with Crippen molar-refractivity contribution >= 4 is 17.5 Å². The molecule has 2 atom stereocenters. The van der Waals surface area contributed by atoms with Gasteiger partial charge in [-0.15, -0.1) is 11.6 Å². The number of carbonyl (C=O) groups is 1. The van der Waals surface area contributed by atoms with Crippen LogP contribution in [0.5, 0.6) is 5.75 Å². The highest BCUT2D eigenvalue weighted by molar-refractivity contribution is 6.21. The Morgan fingerprint density at radius 2 is 2.00 bits per heavy atom. The number of rotatable bonds is 4. The van der Waals surface area contributed by atoms with Crippen molar-refractivity contribution in [2.75, 3.05) is 0 Å². The first-order valence-corrected chi connectivity index (χ1v) is 6.49. The van der Waals surface area contributed by atoms with Crippen molar-refractivity contribution in [2.45, 2.75) is 37.3 Å². The van der Waals surface area contributed by atoms with Crippen LogP contribution in [0.4, 0.5) is 8.78 Å². The van der Waals surface area contributed by atoms with Gasteiger partial charge >= 0.3 is 6.61 Å². The van der Waals surface area contributed by atoms with E-state index >= 15 is 0 Å². The Morgan fingerprint density at radius 1 is 1.32 bits per heavy atom. The number of carbonyl (C=O) groups excluding carboxylic acids is 1. The second-order valence-electron chi connectivity index (χ2n) is 4.43. The molecule has 0 bridgehead atoms. The third kappa shape index (κ3) is 3.80. The molecule has 104 valence electrons. The van der Waals surface area contributed by atoms with E-state index in [-0.39, 0.29) is 23.1 Å². The fourth-order valence-electron chi connectivity index (χ4n) is 2.12. The number of ether oxygens (including phenoxy) is 1. The molecule has 2 rings (SSSR count). The Morgan fingerprint density at radius 3 is 2.53 bits per heavy atom. The summed E-state index contributed by atoms with van der Waals surface area (Å²) in [6.07, 6.45) is 2.76. The van der Waals surface area contributed by atoms with Crippen molar-refractivity contribution in [2.24, 2.45) is 0 Å². The van der Waals surface area contributed by atoms with Gasteiger partial charge in [0.15, 0.2) is 0 Å². The number of alkyl halides is 3. The lowest BCUT2D eigenvalue weighted by Crippen LogP contribution is -2.37. The van der Waals surface area contributed by atoms with Crippen LogP contribution in [0, 0.1) is 0 Å². The third-order valence-corrected chi connectivity index (χ3v) is 3.61. The first-order chi connectivity index (χ1) is 9.06. The molecule has 6 heteroatoms. The first kappa shape index (κ1) is 14.1. The second kappa shape index (κ2) is 6.19. The summed E-state index contributed by atoms with van der Waals surface area (Å²) in [7, 11) is 0. The highest BCUT2D eigenvalue weighted by atomic mass is 35.5. The van der Waals surface area contributed by atoms with Gasteiger partial charge in [-0.3, -0.25) is 4.79 Å². The molecule has 0 aromatic heterocycles. The van der Waals surface area contributed by atoms with Crippen molar-refractivity contribution in [1.29, 1.82) is 0 Å². The lowest BCUT2D eigenvalue weighted by Gasteiger charge is -2.15. The largest absolute Gasteiger partial charge is 0.435 e. The maximum Gasteiger partial charge on any atom is 0.387 e. The summed E-state index contributed by atoms with van der Waals surface area (Å²) in [6.45, 7) is -2.87. The van der Waals surface area contributed by atoms with Crippen LogP contribution in [0.15, 0.2) is 24.3 Å². The number of hydrogen-bond donors (Lipinski definition) is 1. The van der Waals surface area contributed by atoms with E-state index in [4.69, 9.17) is 11.6 Å². The monoisotopic (exact) mass is 289 g/mol. The number of amides is 1. The van der Waals surface area contributed by atoms with Gasteiger partial charge < -0.3 is 10.1 Å². The summed E-state index contributed by atoms with van der Waals surface area (Å²) in [6, 6.07) is 5.56. The normalized spacial score (nSPS) is 22.5. The zero-order valence-electron chi connectivity index (χ0n) is 10.1. The van der Waals surface area contributed by atoms with Crippen molar-refractivity contribution in [3.05, 3.63) is 29.8 Å². The molecule has 2 unspecified atom stereocenters. The predicted molar refractivity (Wildman–Crippen MR) is 67.8 cm³/mol. The number of halogens is 3. The van der Waals surface area contributed by atoms with Gasteiger partial charge in [-0.1, -0.05) is 0 Å². The second-order valence-corrected chi connectivity index (χ2v) is 4.99. The Hall–Kier alpha value is -1.36. The smallest absolute Gasteiger partial charge is 0.387 e. The van der Waals surface area contributed by atoms with Crippen molar-refractivity contribution in [1.82, 2.24) is 5.32 Å². The molecule has 0 spiro atoms. The third-order valence-electron chi connectivity index (χ3n) is 3.09. The number of hydrogen-bond acceptors (Lipinski definition) is 2. The van der Waals surface area contributed by atoms with Crippen molar-refractivity contribution < 1.29 is 18.3 Å². The minimum atomic E-state index is -2.87. The molecule has 0 saturated heterocycles. The molecule has 1 N–H and O–H groups in total. The SMILES string of the molecule is O=C(NC1CCCC1Cl)c1ccc(OC(F)F)cc1. The van der Waals surface area contributed by atoms with Crippen LogP contribution < -0.4 is 10.1 Å². The molecule has 1 fully saturated rings. The maximum atomic E-state index is 12.0. The van der Waals surface area contributed by atoms with E-state index in [0.29, 0.717) is 5.56 Å². The summed E-state index contributed by atoms with van der Waals surface area (Å²) < 4.78 is 28.2. The molecule has 1 saturated carbocycles. The van der Waals surface area contributed by atoms with Crippen LogP contribution in [0.2, 0.25) is 0 Å². The summed E-state index contributed by atoms with van der Waals surface area (Å²) in [5.41, 5.74) is 0.400. The van der Waals surface area contributed by atoms with Gasteiger partial charge in [0.1, 0.15) is 5.75 Å². The molecule has 0 heterocycles. The quantitative estimate of drug-likeness (QED) is 0.865. The Balaban J connectivity index is 1.95. The van der Waals surface area contributed by atoms with Crippen molar-refractivity contribution in [3.8, 4) is 5.75 Å². The van der Waals surface area contributed by atoms with E-state index in [0.717, 1.165) is 19.3 Å². The van der Waals surface area contributed by atoms with E-state index in [2.05, 4.69) is 10.1 Å². The standard InChI is InChI=1S/C13H14ClF2NO2/c14-10-2-1-3-11(10)17-12(18)8-4-6-9(7-5-8)19-13(15)16/h4-7,10-11,13H,1-3H2,(H,17,18). The van der Waals surface area contributed by atoms with Gasteiger partial charge in [0.25, 0.3) is 5.91 Å². The highest BCUT2D eigenvalue weighted by Gasteiger charge is 2.26. The fraction of sp³-hybridized carbons (Fsp3) is 0.462. The van der Waals surface area contributed by atoms with Gasteiger partial charge in [-0.05, 0) is 43.5 Å². The highest BCUT2D eigenvalue weighted by Crippen LogP contribution is 2.24. The minimum absolute atomic E-state index is 0.0221. The molecule has 0 aliphatic heterocycles. The first-order valence-electron chi connectivity index (χ1n) is 6.06. The molecule has 3 nitrogen and oxygen atoms in total. The maximum absolute atomic E-state index is 12.0. The zero-order chi connectivity index (χ0) is 13.8. The molecule has 1 aromatic carbocycles. The van der Waals surface area contributed by atoms with E-state index < -0.39 is 6.61 Å². The summed E-state index contributed by atoms with van der Waals surface area (Å²) in [5.74, 6) is -0.219. The van der Waals surface area contributed by atoms with Gasteiger partial charge in [0.05, 0.1) is 5.38 Å². The van der Waals surface area contributed by atoms with E-state index in [1.165, 1.54) is 24.3 Å². The lowest BCUT2D eigenvalue weighted by atomic mass is 10.1. The van der Waals surface area contributed by atoms with Crippen LogP contribution in [0.1, 0.15) is 29.6 Å². The summed E-state index contributed by atoms with van der Waals surface area (Å²) in [4.78, 5) is 11.9. The molecule has 1 amide bonds. The molecule has 19 heavy (non-hydrogen) atoms.